The largest absolute Gasteiger partial charge is 0.494 e. The lowest BCUT2D eigenvalue weighted by atomic mass is 9.62. The van der Waals surface area contributed by atoms with Gasteiger partial charge >= 0.3 is 0 Å². The molecule has 4 aromatic rings. The van der Waals surface area contributed by atoms with Crippen molar-refractivity contribution < 1.29 is 4.74 Å². The Morgan fingerprint density at radius 3 is 2.62 bits per heavy atom. The zero-order chi connectivity index (χ0) is 21.5. The molecule has 1 saturated carbocycles. The Hall–Kier alpha value is -3.21. The van der Waals surface area contributed by atoms with Crippen LogP contribution in [0.5, 0.6) is 5.75 Å². The molecule has 0 atom stereocenters. The highest BCUT2D eigenvalue weighted by atomic mass is 16.5. The molecule has 6 rings (SSSR count). The summed E-state index contributed by atoms with van der Waals surface area (Å²) in [6.07, 6.45) is 10.2. The van der Waals surface area contributed by atoms with Crippen LogP contribution >= 0.6 is 0 Å². The van der Waals surface area contributed by atoms with Gasteiger partial charge in [0.15, 0.2) is 11.5 Å². The summed E-state index contributed by atoms with van der Waals surface area (Å²) < 4.78 is 7.62. The van der Waals surface area contributed by atoms with Crippen LogP contribution < -0.4 is 4.74 Å². The van der Waals surface area contributed by atoms with E-state index in [1.807, 2.05) is 35.1 Å². The molecule has 1 spiro atoms. The van der Waals surface area contributed by atoms with Crippen LogP contribution in [0.15, 0.2) is 54.9 Å². The molecule has 0 N–H and O–H groups in total. The van der Waals surface area contributed by atoms with Crippen molar-refractivity contribution in [3.63, 3.8) is 0 Å². The van der Waals surface area contributed by atoms with E-state index in [-0.39, 0.29) is 5.41 Å². The Kier molecular flexibility index (Phi) is 4.71. The predicted molar refractivity (Wildman–Crippen MR) is 126 cm³/mol. The number of aromatic nitrogens is 4. The first-order valence-electron chi connectivity index (χ1n) is 11.8. The van der Waals surface area contributed by atoms with Gasteiger partial charge in [-0.3, -0.25) is 0 Å². The summed E-state index contributed by atoms with van der Waals surface area (Å²) in [6.45, 7) is 2.84. The van der Waals surface area contributed by atoms with Crippen LogP contribution in [0.2, 0.25) is 0 Å². The Morgan fingerprint density at radius 2 is 1.81 bits per heavy atom. The van der Waals surface area contributed by atoms with Gasteiger partial charge < -0.3 is 4.74 Å². The second kappa shape index (κ2) is 7.73. The maximum Gasteiger partial charge on any atom is 0.182 e. The molecule has 32 heavy (non-hydrogen) atoms. The first-order valence-corrected chi connectivity index (χ1v) is 11.8. The lowest BCUT2D eigenvalue weighted by Crippen LogP contribution is -2.36. The number of hydrogen-bond acceptors (Lipinski definition) is 4. The SMILES string of the molecule is CCCOc1ccc(-c2nc3c4c(ncn3n2)-c2ccccc2CC42CCCCC2)cc1. The smallest absolute Gasteiger partial charge is 0.182 e. The molecule has 2 aromatic heterocycles. The van der Waals surface area contributed by atoms with Crippen LogP contribution in [0.1, 0.15) is 56.6 Å². The summed E-state index contributed by atoms with van der Waals surface area (Å²) in [5, 5.41) is 4.82. The number of hydrogen-bond donors (Lipinski definition) is 0. The third kappa shape index (κ3) is 3.10. The third-order valence-corrected chi connectivity index (χ3v) is 7.12. The van der Waals surface area contributed by atoms with Gasteiger partial charge in [0.05, 0.1) is 12.3 Å². The number of fused-ring (bicyclic) bond motifs is 6. The second-order valence-corrected chi connectivity index (χ2v) is 9.22. The normalized spacial score (nSPS) is 16.7. The topological polar surface area (TPSA) is 52.3 Å². The highest BCUT2D eigenvalue weighted by Crippen LogP contribution is 2.50. The Morgan fingerprint density at radius 1 is 1.00 bits per heavy atom. The summed E-state index contributed by atoms with van der Waals surface area (Å²) in [4.78, 5) is 10.0. The van der Waals surface area contributed by atoms with Gasteiger partial charge in [0.25, 0.3) is 0 Å². The average Bonchev–Trinajstić information content (AvgIpc) is 3.28. The lowest BCUT2D eigenvalue weighted by Gasteiger charge is -2.42. The van der Waals surface area contributed by atoms with E-state index in [4.69, 9.17) is 19.8 Å². The molecule has 2 aliphatic rings. The fourth-order valence-corrected chi connectivity index (χ4v) is 5.61. The maximum atomic E-state index is 5.73. The number of ether oxygens (including phenoxy) is 1. The number of nitrogens with zero attached hydrogens (tertiary/aromatic N) is 4. The zero-order valence-corrected chi connectivity index (χ0v) is 18.6. The first kappa shape index (κ1) is 19.5. The fourth-order valence-electron chi connectivity index (χ4n) is 5.61. The van der Waals surface area contributed by atoms with Crippen molar-refractivity contribution >= 4 is 5.65 Å². The summed E-state index contributed by atoms with van der Waals surface area (Å²) in [5.41, 5.74) is 7.15. The van der Waals surface area contributed by atoms with Gasteiger partial charge in [0.2, 0.25) is 0 Å². The van der Waals surface area contributed by atoms with E-state index in [0.29, 0.717) is 0 Å². The lowest BCUT2D eigenvalue weighted by molar-refractivity contribution is 0.288. The molecule has 2 heterocycles. The molecule has 2 aliphatic carbocycles. The van der Waals surface area contributed by atoms with E-state index < -0.39 is 0 Å². The summed E-state index contributed by atoms with van der Waals surface area (Å²) in [6, 6.07) is 16.9. The van der Waals surface area contributed by atoms with E-state index in [1.54, 1.807) is 0 Å². The maximum absolute atomic E-state index is 5.73. The molecular formula is C27H28N4O. The monoisotopic (exact) mass is 424 g/mol. The quantitative estimate of drug-likeness (QED) is 0.403. The van der Waals surface area contributed by atoms with Crippen LogP contribution in [0.4, 0.5) is 0 Å². The van der Waals surface area contributed by atoms with Gasteiger partial charge in [-0.25, -0.2) is 14.5 Å². The van der Waals surface area contributed by atoms with E-state index in [2.05, 4.69) is 31.2 Å². The highest BCUT2D eigenvalue weighted by Gasteiger charge is 2.42. The van der Waals surface area contributed by atoms with Crippen molar-refractivity contribution in [1.29, 1.82) is 0 Å². The van der Waals surface area contributed by atoms with E-state index >= 15 is 0 Å². The number of benzene rings is 2. The Balaban J connectivity index is 1.49. The molecule has 0 amide bonds. The van der Waals surface area contributed by atoms with Crippen LogP contribution in [-0.2, 0) is 11.8 Å². The van der Waals surface area contributed by atoms with Gasteiger partial charge in [0, 0.05) is 22.1 Å². The third-order valence-electron chi connectivity index (χ3n) is 7.12. The van der Waals surface area contributed by atoms with Gasteiger partial charge in [-0.15, -0.1) is 5.10 Å². The van der Waals surface area contributed by atoms with E-state index in [1.165, 1.54) is 48.8 Å². The Bertz CT molecular complexity index is 1270. The summed E-state index contributed by atoms with van der Waals surface area (Å²) in [5.74, 6) is 1.63. The van der Waals surface area contributed by atoms with Crippen molar-refractivity contribution in [2.45, 2.75) is 57.3 Å². The fraction of sp³-hybridized carbons (Fsp3) is 0.370. The molecule has 0 bridgehead atoms. The molecule has 1 fully saturated rings. The molecule has 5 nitrogen and oxygen atoms in total. The number of rotatable bonds is 4. The van der Waals surface area contributed by atoms with E-state index in [9.17, 15) is 0 Å². The van der Waals surface area contributed by atoms with Crippen LogP contribution in [-0.4, -0.2) is 26.2 Å². The first-order chi connectivity index (χ1) is 15.8. The van der Waals surface area contributed by atoms with Crippen molar-refractivity contribution in [3.05, 3.63) is 66.0 Å². The molecular weight excluding hydrogens is 396 g/mol. The van der Waals surface area contributed by atoms with Gasteiger partial charge in [0.1, 0.15) is 12.1 Å². The molecule has 2 aromatic carbocycles. The zero-order valence-electron chi connectivity index (χ0n) is 18.6. The minimum Gasteiger partial charge on any atom is -0.494 e. The minimum absolute atomic E-state index is 0.111. The standard InChI is InChI=1S/C27H28N4O/c1-2-16-32-21-12-10-19(11-13-21)25-29-26-23-24(28-18-31(26)30-25)22-9-5-4-8-20(22)17-27(23)14-6-3-7-15-27/h4-5,8-13,18H,2-3,6-7,14-17H2,1H3. The van der Waals surface area contributed by atoms with Gasteiger partial charge in [-0.05, 0) is 55.5 Å². The molecule has 0 saturated heterocycles. The van der Waals surface area contributed by atoms with Gasteiger partial charge in [-0.1, -0.05) is 50.5 Å². The van der Waals surface area contributed by atoms with E-state index in [0.717, 1.165) is 47.9 Å². The highest BCUT2D eigenvalue weighted by molar-refractivity contribution is 5.78. The molecule has 162 valence electrons. The van der Waals surface area contributed by atoms with Crippen LogP contribution in [0.25, 0.3) is 28.3 Å². The molecule has 5 heteroatoms. The average molecular weight is 425 g/mol. The molecule has 0 aliphatic heterocycles. The minimum atomic E-state index is 0.111. The van der Waals surface area contributed by atoms with Gasteiger partial charge in [-0.2, -0.15) is 0 Å². The van der Waals surface area contributed by atoms with Crippen molar-refractivity contribution in [3.8, 4) is 28.4 Å². The summed E-state index contributed by atoms with van der Waals surface area (Å²) in [7, 11) is 0. The van der Waals surface area contributed by atoms with Crippen LogP contribution in [0, 0.1) is 0 Å². The van der Waals surface area contributed by atoms with Crippen molar-refractivity contribution in [2.24, 2.45) is 0 Å². The van der Waals surface area contributed by atoms with Crippen molar-refractivity contribution in [2.75, 3.05) is 6.61 Å². The Labute approximate surface area is 188 Å². The van der Waals surface area contributed by atoms with Crippen LogP contribution in [0.3, 0.4) is 0 Å². The second-order valence-electron chi connectivity index (χ2n) is 9.22. The van der Waals surface area contributed by atoms with Crippen molar-refractivity contribution in [1.82, 2.24) is 19.6 Å². The predicted octanol–water partition coefficient (Wildman–Crippen LogP) is 6.01. The molecule has 0 radical (unpaired) electrons. The summed E-state index contributed by atoms with van der Waals surface area (Å²) >= 11 is 0. The molecule has 0 unspecified atom stereocenters.